The van der Waals surface area contributed by atoms with E-state index in [0.29, 0.717) is 30.3 Å². The standard InChI is InChI=1S/C17H18N4O2S/c1-23-11-10-21-16(14-7-2-3-8-15(14)22)19-20-17(21)24-12-13-6-4-5-9-18-13/h2-9,22H,10-12H2,1H3. The molecular formula is C17H18N4O2S. The summed E-state index contributed by atoms with van der Waals surface area (Å²) in [5.41, 5.74) is 1.64. The fourth-order valence-electron chi connectivity index (χ4n) is 2.26. The first-order valence-corrected chi connectivity index (χ1v) is 8.51. The minimum absolute atomic E-state index is 0.185. The molecule has 0 aliphatic carbocycles. The highest BCUT2D eigenvalue weighted by molar-refractivity contribution is 7.98. The van der Waals surface area contributed by atoms with Crippen LogP contribution < -0.4 is 0 Å². The number of aromatic hydroxyl groups is 1. The van der Waals surface area contributed by atoms with E-state index in [-0.39, 0.29) is 5.75 Å². The number of pyridine rings is 1. The maximum absolute atomic E-state index is 10.1. The quantitative estimate of drug-likeness (QED) is 0.666. The average molecular weight is 342 g/mol. The Labute approximate surface area is 144 Å². The Morgan fingerprint density at radius 1 is 1.12 bits per heavy atom. The van der Waals surface area contributed by atoms with Crippen LogP contribution in [-0.2, 0) is 17.0 Å². The number of phenols is 1. The smallest absolute Gasteiger partial charge is 0.191 e. The predicted molar refractivity (Wildman–Crippen MR) is 92.8 cm³/mol. The van der Waals surface area contributed by atoms with Crippen LogP contribution in [0.15, 0.2) is 53.8 Å². The van der Waals surface area contributed by atoms with Crippen LogP contribution in [-0.4, -0.2) is 38.6 Å². The van der Waals surface area contributed by atoms with Crippen LogP contribution in [0.3, 0.4) is 0 Å². The van der Waals surface area contributed by atoms with Crippen LogP contribution in [0.25, 0.3) is 11.4 Å². The predicted octanol–water partition coefficient (Wildman–Crippen LogP) is 2.98. The van der Waals surface area contributed by atoms with Crippen molar-refractivity contribution in [3.8, 4) is 17.1 Å². The largest absolute Gasteiger partial charge is 0.507 e. The van der Waals surface area contributed by atoms with Gasteiger partial charge >= 0.3 is 0 Å². The number of para-hydroxylation sites is 1. The molecule has 7 heteroatoms. The maximum atomic E-state index is 10.1. The number of methoxy groups -OCH3 is 1. The minimum Gasteiger partial charge on any atom is -0.507 e. The zero-order chi connectivity index (χ0) is 16.8. The normalized spacial score (nSPS) is 10.9. The third-order valence-electron chi connectivity index (χ3n) is 3.46. The SMILES string of the molecule is COCCn1c(SCc2ccccn2)nnc1-c1ccccc1O. The Hall–Kier alpha value is -2.38. The van der Waals surface area contributed by atoms with Gasteiger partial charge in [-0.25, -0.2) is 0 Å². The van der Waals surface area contributed by atoms with Crippen LogP contribution >= 0.6 is 11.8 Å². The lowest BCUT2D eigenvalue weighted by atomic mass is 10.2. The highest BCUT2D eigenvalue weighted by Gasteiger charge is 2.16. The number of hydrogen-bond donors (Lipinski definition) is 1. The third-order valence-corrected chi connectivity index (χ3v) is 4.46. The van der Waals surface area contributed by atoms with Gasteiger partial charge < -0.3 is 9.84 Å². The number of aromatic nitrogens is 4. The van der Waals surface area contributed by atoms with Crippen molar-refractivity contribution in [1.29, 1.82) is 0 Å². The maximum Gasteiger partial charge on any atom is 0.191 e. The van der Waals surface area contributed by atoms with E-state index < -0.39 is 0 Å². The summed E-state index contributed by atoms with van der Waals surface area (Å²) in [7, 11) is 1.66. The molecule has 0 saturated heterocycles. The summed E-state index contributed by atoms with van der Waals surface area (Å²) in [6, 6.07) is 13.0. The Morgan fingerprint density at radius 3 is 2.71 bits per heavy atom. The summed E-state index contributed by atoms with van der Waals surface area (Å²) in [5.74, 6) is 1.52. The first kappa shape index (κ1) is 16.5. The highest BCUT2D eigenvalue weighted by atomic mass is 32.2. The van der Waals surface area contributed by atoms with Gasteiger partial charge in [-0.2, -0.15) is 0 Å². The van der Waals surface area contributed by atoms with Gasteiger partial charge in [0.2, 0.25) is 0 Å². The van der Waals surface area contributed by atoms with Crippen LogP contribution in [0.2, 0.25) is 0 Å². The van der Waals surface area contributed by atoms with Crippen molar-refractivity contribution in [3.63, 3.8) is 0 Å². The molecule has 0 saturated carbocycles. The van der Waals surface area contributed by atoms with Crippen LogP contribution in [0.4, 0.5) is 0 Å². The third kappa shape index (κ3) is 3.74. The molecule has 2 aromatic heterocycles. The molecular weight excluding hydrogens is 324 g/mol. The average Bonchev–Trinajstić information content (AvgIpc) is 3.02. The number of nitrogens with zero attached hydrogens (tertiary/aromatic N) is 4. The van der Waals surface area contributed by atoms with Crippen molar-refractivity contribution >= 4 is 11.8 Å². The summed E-state index contributed by atoms with van der Waals surface area (Å²) in [6.45, 7) is 1.15. The Bertz CT molecular complexity index is 792. The topological polar surface area (TPSA) is 73.1 Å². The Morgan fingerprint density at radius 2 is 1.96 bits per heavy atom. The summed E-state index contributed by atoms with van der Waals surface area (Å²) < 4.78 is 7.16. The summed E-state index contributed by atoms with van der Waals surface area (Å²) >= 11 is 1.56. The van der Waals surface area contributed by atoms with Gasteiger partial charge in [0, 0.05) is 19.1 Å². The van der Waals surface area contributed by atoms with E-state index in [1.807, 2.05) is 34.9 Å². The first-order valence-electron chi connectivity index (χ1n) is 7.53. The van der Waals surface area contributed by atoms with Crippen molar-refractivity contribution < 1.29 is 9.84 Å². The van der Waals surface area contributed by atoms with Crippen molar-refractivity contribution in [2.24, 2.45) is 0 Å². The molecule has 3 rings (SSSR count). The number of thioether (sulfide) groups is 1. The monoisotopic (exact) mass is 342 g/mol. The van der Waals surface area contributed by atoms with Crippen LogP contribution in [0, 0.1) is 0 Å². The molecule has 2 heterocycles. The molecule has 0 atom stereocenters. The van der Waals surface area contributed by atoms with E-state index >= 15 is 0 Å². The highest BCUT2D eigenvalue weighted by Crippen LogP contribution is 2.30. The molecule has 3 aromatic rings. The van der Waals surface area contributed by atoms with E-state index in [1.165, 1.54) is 0 Å². The van der Waals surface area contributed by atoms with Crippen molar-refractivity contribution in [2.75, 3.05) is 13.7 Å². The van der Waals surface area contributed by atoms with Gasteiger partial charge in [-0.05, 0) is 24.3 Å². The van der Waals surface area contributed by atoms with Gasteiger partial charge in [-0.1, -0.05) is 30.0 Å². The second-order valence-electron chi connectivity index (χ2n) is 5.08. The molecule has 1 N–H and O–H groups in total. The molecule has 6 nitrogen and oxygen atoms in total. The molecule has 1 aromatic carbocycles. The molecule has 0 amide bonds. The lowest BCUT2D eigenvalue weighted by molar-refractivity contribution is 0.185. The summed E-state index contributed by atoms with van der Waals surface area (Å²) in [4.78, 5) is 4.32. The zero-order valence-corrected chi connectivity index (χ0v) is 14.1. The van der Waals surface area contributed by atoms with E-state index in [2.05, 4.69) is 15.2 Å². The lowest BCUT2D eigenvalue weighted by Crippen LogP contribution is -2.07. The lowest BCUT2D eigenvalue weighted by Gasteiger charge is -2.10. The fourth-order valence-corrected chi connectivity index (χ4v) is 3.14. The Balaban J connectivity index is 1.88. The molecule has 0 spiro atoms. The molecule has 24 heavy (non-hydrogen) atoms. The molecule has 0 radical (unpaired) electrons. The van der Waals surface area contributed by atoms with E-state index in [9.17, 15) is 5.11 Å². The molecule has 0 aliphatic heterocycles. The van der Waals surface area contributed by atoms with Gasteiger partial charge in [0.25, 0.3) is 0 Å². The van der Waals surface area contributed by atoms with E-state index in [4.69, 9.17) is 4.74 Å². The molecule has 0 aliphatic rings. The van der Waals surface area contributed by atoms with Crippen molar-refractivity contribution in [3.05, 3.63) is 54.4 Å². The van der Waals surface area contributed by atoms with Gasteiger partial charge in [0.05, 0.1) is 24.4 Å². The minimum atomic E-state index is 0.185. The van der Waals surface area contributed by atoms with E-state index in [0.717, 1.165) is 10.9 Å². The summed E-state index contributed by atoms with van der Waals surface area (Å²) in [5, 5.41) is 19.4. The summed E-state index contributed by atoms with van der Waals surface area (Å²) in [6.07, 6.45) is 1.78. The second kappa shape index (κ2) is 7.94. The molecule has 0 fully saturated rings. The zero-order valence-electron chi connectivity index (χ0n) is 13.3. The number of rotatable bonds is 7. The van der Waals surface area contributed by atoms with Crippen molar-refractivity contribution in [2.45, 2.75) is 17.5 Å². The number of ether oxygens (including phenoxy) is 1. The van der Waals surface area contributed by atoms with Gasteiger partial charge in [-0.15, -0.1) is 10.2 Å². The van der Waals surface area contributed by atoms with E-state index in [1.54, 1.807) is 37.2 Å². The fraction of sp³-hybridized carbons (Fsp3) is 0.235. The van der Waals surface area contributed by atoms with Crippen LogP contribution in [0.5, 0.6) is 5.75 Å². The van der Waals surface area contributed by atoms with Gasteiger partial charge in [0.15, 0.2) is 11.0 Å². The molecule has 0 unspecified atom stereocenters. The number of hydrogen-bond acceptors (Lipinski definition) is 6. The van der Waals surface area contributed by atoms with Crippen molar-refractivity contribution in [1.82, 2.24) is 19.7 Å². The van der Waals surface area contributed by atoms with Crippen LogP contribution in [0.1, 0.15) is 5.69 Å². The van der Waals surface area contributed by atoms with Gasteiger partial charge in [-0.3, -0.25) is 9.55 Å². The number of phenolic OH excluding ortho intramolecular Hbond substituents is 1. The second-order valence-corrected chi connectivity index (χ2v) is 6.02. The number of benzene rings is 1. The van der Waals surface area contributed by atoms with Gasteiger partial charge in [0.1, 0.15) is 5.75 Å². The first-order chi connectivity index (χ1) is 11.8. The molecule has 124 valence electrons. The molecule has 0 bridgehead atoms. The Kier molecular flexibility index (Phi) is 5.45.